The first-order valence-corrected chi connectivity index (χ1v) is 8.22. The normalized spacial score (nSPS) is 11.7. The molecule has 0 bridgehead atoms. The maximum absolute atomic E-state index is 12.7. The number of nitrogens with zero attached hydrogens (tertiary/aromatic N) is 3. The van der Waals surface area contributed by atoms with Gasteiger partial charge < -0.3 is 4.74 Å². The van der Waals surface area contributed by atoms with Crippen molar-refractivity contribution in [3.8, 4) is 22.8 Å². The molecule has 0 N–H and O–H groups in total. The fraction of sp³-hybridized carbons (Fsp3) is 0.100. The molecule has 0 aliphatic heterocycles. The Balaban J connectivity index is 1.61. The van der Waals surface area contributed by atoms with Crippen LogP contribution >= 0.6 is 0 Å². The highest BCUT2D eigenvalue weighted by atomic mass is 19.4. The lowest BCUT2D eigenvalue weighted by Gasteiger charge is -2.08. The van der Waals surface area contributed by atoms with Crippen LogP contribution in [0.2, 0.25) is 0 Å². The predicted molar refractivity (Wildman–Crippen MR) is 94.7 cm³/mol. The molecule has 0 amide bonds. The third kappa shape index (κ3) is 3.92. The van der Waals surface area contributed by atoms with E-state index in [-0.39, 0.29) is 5.82 Å². The van der Waals surface area contributed by atoms with Gasteiger partial charge >= 0.3 is 6.18 Å². The fourth-order valence-electron chi connectivity index (χ4n) is 2.71. The number of aromatic nitrogens is 3. The summed E-state index contributed by atoms with van der Waals surface area (Å²) in [6.07, 6.45) is -4.08. The summed E-state index contributed by atoms with van der Waals surface area (Å²) in [4.78, 5) is 3.84. The third-order valence-electron chi connectivity index (χ3n) is 3.94. The van der Waals surface area contributed by atoms with Crippen LogP contribution in [0.1, 0.15) is 5.82 Å². The van der Waals surface area contributed by atoms with Gasteiger partial charge in [0.15, 0.2) is 0 Å². The summed E-state index contributed by atoms with van der Waals surface area (Å²) in [6.45, 7) is 0. The number of hydrogen-bond acceptors (Lipinski definition) is 3. The lowest BCUT2D eigenvalue weighted by Crippen LogP contribution is -2.15. The molecule has 2 aromatic heterocycles. The van der Waals surface area contributed by atoms with Crippen molar-refractivity contribution in [1.29, 1.82) is 0 Å². The highest BCUT2D eigenvalue weighted by Gasteiger charge is 2.30. The van der Waals surface area contributed by atoms with Gasteiger partial charge in [0.25, 0.3) is 0 Å². The van der Waals surface area contributed by atoms with Gasteiger partial charge in [-0.2, -0.15) is 18.3 Å². The number of rotatable bonds is 4. The van der Waals surface area contributed by atoms with Gasteiger partial charge in [-0.25, -0.2) is 9.50 Å². The Morgan fingerprint density at radius 3 is 2.26 bits per heavy atom. The van der Waals surface area contributed by atoms with Gasteiger partial charge in [-0.15, -0.1) is 0 Å². The largest absolute Gasteiger partial charge is 0.457 e. The highest BCUT2D eigenvalue weighted by Crippen LogP contribution is 2.26. The van der Waals surface area contributed by atoms with E-state index in [4.69, 9.17) is 4.74 Å². The van der Waals surface area contributed by atoms with Crippen LogP contribution in [0, 0.1) is 0 Å². The van der Waals surface area contributed by atoms with E-state index in [1.165, 1.54) is 10.7 Å². The zero-order chi connectivity index (χ0) is 18.9. The van der Waals surface area contributed by atoms with E-state index >= 15 is 0 Å². The average molecular weight is 369 g/mol. The molecule has 4 aromatic rings. The number of halogens is 3. The van der Waals surface area contributed by atoms with Crippen molar-refractivity contribution in [2.75, 3.05) is 0 Å². The molecule has 0 unspecified atom stereocenters. The van der Waals surface area contributed by atoms with Crippen LogP contribution in [0.3, 0.4) is 0 Å². The second kappa shape index (κ2) is 6.75. The quantitative estimate of drug-likeness (QED) is 0.490. The summed E-state index contributed by atoms with van der Waals surface area (Å²) in [5, 5.41) is 4.32. The average Bonchev–Trinajstić information content (AvgIpc) is 3.04. The fourth-order valence-corrected chi connectivity index (χ4v) is 2.71. The minimum absolute atomic E-state index is 0.136. The van der Waals surface area contributed by atoms with Gasteiger partial charge in [-0.1, -0.05) is 18.2 Å². The van der Waals surface area contributed by atoms with E-state index in [0.29, 0.717) is 17.0 Å². The van der Waals surface area contributed by atoms with Gasteiger partial charge in [-0.05, 0) is 48.5 Å². The van der Waals surface area contributed by atoms with Crippen molar-refractivity contribution in [3.63, 3.8) is 0 Å². The van der Waals surface area contributed by atoms with Crippen molar-refractivity contribution in [1.82, 2.24) is 14.6 Å². The van der Waals surface area contributed by atoms with Gasteiger partial charge in [0, 0.05) is 5.56 Å². The molecule has 2 aromatic carbocycles. The second-order valence-electron chi connectivity index (χ2n) is 5.96. The van der Waals surface area contributed by atoms with E-state index < -0.39 is 12.6 Å². The smallest absolute Gasteiger partial charge is 0.396 e. The van der Waals surface area contributed by atoms with Gasteiger partial charge in [0.05, 0.1) is 17.4 Å². The molecule has 0 aliphatic carbocycles. The maximum atomic E-state index is 12.7. The Labute approximate surface area is 152 Å². The minimum Gasteiger partial charge on any atom is -0.457 e. The van der Waals surface area contributed by atoms with E-state index in [1.807, 2.05) is 42.5 Å². The number of hydrogen-bond donors (Lipinski definition) is 0. The maximum Gasteiger partial charge on any atom is 0.396 e. The Bertz CT molecular complexity index is 1060. The number of benzene rings is 2. The number of imidazole rings is 1. The zero-order valence-electron chi connectivity index (χ0n) is 14.0. The second-order valence-corrected chi connectivity index (χ2v) is 5.96. The van der Waals surface area contributed by atoms with E-state index in [1.54, 1.807) is 24.3 Å². The molecule has 0 saturated carbocycles. The molecule has 0 saturated heterocycles. The molecule has 7 heteroatoms. The molecule has 27 heavy (non-hydrogen) atoms. The predicted octanol–water partition coefficient (Wildman–Crippen LogP) is 5.29. The van der Waals surface area contributed by atoms with Crippen molar-refractivity contribution < 1.29 is 17.9 Å². The van der Waals surface area contributed by atoms with Crippen LogP contribution in [0.15, 0.2) is 72.9 Å². The molecule has 0 atom stereocenters. The lowest BCUT2D eigenvalue weighted by atomic mass is 10.1. The van der Waals surface area contributed by atoms with Crippen molar-refractivity contribution in [3.05, 3.63) is 78.8 Å². The molecule has 4 nitrogen and oxygen atoms in total. The minimum atomic E-state index is -4.34. The lowest BCUT2D eigenvalue weighted by molar-refractivity contribution is -0.128. The zero-order valence-corrected chi connectivity index (χ0v) is 14.0. The number of alkyl halides is 3. The van der Waals surface area contributed by atoms with Crippen LogP contribution in [0.5, 0.6) is 11.5 Å². The Morgan fingerprint density at radius 1 is 0.852 bits per heavy atom. The summed E-state index contributed by atoms with van der Waals surface area (Å²) in [7, 11) is 0. The molecular formula is C20H14F3N3O. The van der Waals surface area contributed by atoms with Gasteiger partial charge in [0.1, 0.15) is 23.7 Å². The first-order valence-electron chi connectivity index (χ1n) is 8.22. The van der Waals surface area contributed by atoms with Gasteiger partial charge in [-0.3, -0.25) is 0 Å². The molecule has 0 aliphatic rings. The number of fused-ring (bicyclic) bond motifs is 1. The van der Waals surface area contributed by atoms with Crippen LogP contribution in [-0.4, -0.2) is 20.8 Å². The van der Waals surface area contributed by atoms with Crippen LogP contribution in [-0.2, 0) is 6.42 Å². The molecular weight excluding hydrogens is 355 g/mol. The summed E-state index contributed by atoms with van der Waals surface area (Å²) in [5.41, 5.74) is 1.83. The Kier molecular flexibility index (Phi) is 4.27. The Hall–Kier alpha value is -3.35. The molecule has 136 valence electrons. The molecule has 0 radical (unpaired) electrons. The monoisotopic (exact) mass is 369 g/mol. The molecule has 4 rings (SSSR count). The molecule has 0 fully saturated rings. The van der Waals surface area contributed by atoms with Crippen LogP contribution < -0.4 is 4.74 Å². The summed E-state index contributed by atoms with van der Waals surface area (Å²) < 4.78 is 45.1. The standard InChI is InChI=1S/C20H14F3N3O/c21-20(22,23)12-19-24-13-15-8-11-18(25-26(15)19)14-6-9-17(10-7-14)27-16-4-2-1-3-5-16/h1-11,13H,12H2. The SMILES string of the molecule is FC(F)(F)Cc1ncc2ccc(-c3ccc(Oc4ccccc4)cc3)nn12. The topological polar surface area (TPSA) is 39.4 Å². The third-order valence-corrected chi connectivity index (χ3v) is 3.94. The van der Waals surface area contributed by atoms with E-state index in [9.17, 15) is 13.2 Å². The molecule has 2 heterocycles. The first-order chi connectivity index (χ1) is 13.0. The van der Waals surface area contributed by atoms with E-state index in [2.05, 4.69) is 10.1 Å². The number of para-hydroxylation sites is 1. The number of ether oxygens (including phenoxy) is 1. The van der Waals surface area contributed by atoms with Gasteiger partial charge in [0.2, 0.25) is 0 Å². The van der Waals surface area contributed by atoms with Crippen LogP contribution in [0.4, 0.5) is 13.2 Å². The summed E-state index contributed by atoms with van der Waals surface area (Å²) in [6, 6.07) is 20.0. The summed E-state index contributed by atoms with van der Waals surface area (Å²) >= 11 is 0. The Morgan fingerprint density at radius 2 is 1.56 bits per heavy atom. The first kappa shape index (κ1) is 17.1. The summed E-state index contributed by atoms with van der Waals surface area (Å²) in [5.74, 6) is 1.25. The van der Waals surface area contributed by atoms with Crippen molar-refractivity contribution >= 4 is 5.52 Å². The molecule has 0 spiro atoms. The van der Waals surface area contributed by atoms with Crippen LogP contribution in [0.25, 0.3) is 16.8 Å². The van der Waals surface area contributed by atoms with E-state index in [0.717, 1.165) is 11.3 Å². The highest BCUT2D eigenvalue weighted by molar-refractivity contribution is 5.62. The van der Waals surface area contributed by atoms with Crippen molar-refractivity contribution in [2.24, 2.45) is 0 Å². The van der Waals surface area contributed by atoms with Crippen molar-refractivity contribution in [2.45, 2.75) is 12.6 Å².